The lowest BCUT2D eigenvalue weighted by Crippen LogP contribution is -2.39. The molecule has 0 fully saturated rings. The SMILES string of the molecule is CC(C)(C)CC(O)CNCC(C)(C)C(=O)O. The Labute approximate surface area is 98.1 Å². The number of hydrogen-bond acceptors (Lipinski definition) is 3. The van der Waals surface area contributed by atoms with Gasteiger partial charge in [0.1, 0.15) is 0 Å². The number of aliphatic carboxylic acids is 1. The van der Waals surface area contributed by atoms with E-state index in [9.17, 15) is 9.90 Å². The van der Waals surface area contributed by atoms with Crippen LogP contribution in [0.3, 0.4) is 0 Å². The quantitative estimate of drug-likeness (QED) is 0.647. The molecule has 16 heavy (non-hydrogen) atoms. The van der Waals surface area contributed by atoms with Gasteiger partial charge in [-0.15, -0.1) is 0 Å². The van der Waals surface area contributed by atoms with Gasteiger partial charge in [0.25, 0.3) is 0 Å². The molecule has 0 amide bonds. The number of carboxylic acid groups (broad SMARTS) is 1. The topological polar surface area (TPSA) is 69.6 Å². The monoisotopic (exact) mass is 231 g/mol. The summed E-state index contributed by atoms with van der Waals surface area (Å²) in [4.78, 5) is 10.8. The Bertz CT molecular complexity index is 231. The third-order valence-corrected chi connectivity index (χ3v) is 2.37. The molecule has 0 radical (unpaired) electrons. The lowest BCUT2D eigenvalue weighted by Gasteiger charge is -2.24. The fraction of sp³-hybridized carbons (Fsp3) is 0.917. The van der Waals surface area contributed by atoms with Gasteiger partial charge in [0, 0.05) is 13.1 Å². The van der Waals surface area contributed by atoms with Gasteiger partial charge in [0.2, 0.25) is 0 Å². The number of aliphatic hydroxyl groups is 1. The van der Waals surface area contributed by atoms with Crippen molar-refractivity contribution in [2.24, 2.45) is 10.8 Å². The van der Waals surface area contributed by atoms with Gasteiger partial charge < -0.3 is 15.5 Å². The summed E-state index contributed by atoms with van der Waals surface area (Å²) in [6, 6.07) is 0. The smallest absolute Gasteiger partial charge is 0.310 e. The molecule has 4 nitrogen and oxygen atoms in total. The van der Waals surface area contributed by atoms with Crippen molar-refractivity contribution in [1.29, 1.82) is 0 Å². The van der Waals surface area contributed by atoms with Crippen LogP contribution < -0.4 is 5.32 Å². The molecule has 0 aromatic rings. The zero-order valence-corrected chi connectivity index (χ0v) is 11.0. The Morgan fingerprint density at radius 3 is 2.12 bits per heavy atom. The van der Waals surface area contributed by atoms with E-state index in [-0.39, 0.29) is 5.41 Å². The van der Waals surface area contributed by atoms with Crippen LogP contribution in [0.15, 0.2) is 0 Å². The van der Waals surface area contributed by atoms with E-state index < -0.39 is 17.5 Å². The number of aliphatic hydroxyl groups excluding tert-OH is 1. The van der Waals surface area contributed by atoms with Crippen LogP contribution in [-0.4, -0.2) is 35.4 Å². The Balaban J connectivity index is 3.87. The minimum Gasteiger partial charge on any atom is -0.481 e. The first-order chi connectivity index (χ1) is 7.04. The molecule has 0 heterocycles. The van der Waals surface area contributed by atoms with Crippen molar-refractivity contribution in [3.8, 4) is 0 Å². The summed E-state index contributed by atoms with van der Waals surface area (Å²) in [6.45, 7) is 10.3. The Morgan fingerprint density at radius 2 is 1.75 bits per heavy atom. The molecule has 1 atom stereocenters. The molecule has 96 valence electrons. The number of carboxylic acids is 1. The highest BCUT2D eigenvalue weighted by Crippen LogP contribution is 2.20. The van der Waals surface area contributed by atoms with Crippen molar-refractivity contribution in [3.05, 3.63) is 0 Å². The molecule has 0 aliphatic carbocycles. The van der Waals surface area contributed by atoms with Gasteiger partial charge in [0.15, 0.2) is 0 Å². The van der Waals surface area contributed by atoms with Crippen molar-refractivity contribution in [3.63, 3.8) is 0 Å². The second kappa shape index (κ2) is 5.64. The lowest BCUT2D eigenvalue weighted by atomic mass is 9.89. The summed E-state index contributed by atoms with van der Waals surface area (Å²) in [6.07, 6.45) is 0.276. The second-order valence-corrected chi connectivity index (χ2v) is 6.24. The molecular weight excluding hydrogens is 206 g/mol. The maximum absolute atomic E-state index is 10.8. The third-order valence-electron chi connectivity index (χ3n) is 2.37. The fourth-order valence-electron chi connectivity index (χ4n) is 1.41. The molecule has 0 aliphatic heterocycles. The number of hydrogen-bond donors (Lipinski definition) is 3. The largest absolute Gasteiger partial charge is 0.481 e. The van der Waals surface area contributed by atoms with Gasteiger partial charge in [-0.3, -0.25) is 4.79 Å². The van der Waals surface area contributed by atoms with E-state index in [4.69, 9.17) is 5.11 Å². The van der Waals surface area contributed by atoms with E-state index in [1.807, 2.05) is 0 Å². The normalized spacial score (nSPS) is 14.9. The molecule has 0 spiro atoms. The van der Waals surface area contributed by atoms with Crippen molar-refractivity contribution >= 4 is 5.97 Å². The molecular formula is C12H25NO3. The van der Waals surface area contributed by atoms with Gasteiger partial charge in [-0.1, -0.05) is 20.8 Å². The molecule has 4 heteroatoms. The first-order valence-corrected chi connectivity index (χ1v) is 5.67. The number of rotatable bonds is 6. The molecule has 0 aromatic heterocycles. The highest BCUT2D eigenvalue weighted by Gasteiger charge is 2.27. The second-order valence-electron chi connectivity index (χ2n) is 6.24. The first kappa shape index (κ1) is 15.4. The summed E-state index contributed by atoms with van der Waals surface area (Å²) in [5.74, 6) is -0.828. The first-order valence-electron chi connectivity index (χ1n) is 5.67. The maximum Gasteiger partial charge on any atom is 0.310 e. The van der Waals surface area contributed by atoms with E-state index in [1.165, 1.54) is 0 Å². The standard InChI is InChI=1S/C12H25NO3/c1-11(2,3)6-9(14)7-13-8-12(4,5)10(15)16/h9,13-14H,6-8H2,1-5H3,(H,15,16). The Hall–Kier alpha value is -0.610. The van der Waals surface area contributed by atoms with E-state index in [2.05, 4.69) is 26.1 Å². The predicted octanol–water partition coefficient (Wildman–Crippen LogP) is 1.48. The van der Waals surface area contributed by atoms with Crippen LogP contribution >= 0.6 is 0 Å². The molecule has 0 bridgehead atoms. The molecule has 3 N–H and O–H groups in total. The van der Waals surface area contributed by atoms with Crippen LogP contribution in [0.2, 0.25) is 0 Å². The summed E-state index contributed by atoms with van der Waals surface area (Å²) in [5, 5.41) is 21.6. The summed E-state index contributed by atoms with van der Waals surface area (Å²) in [7, 11) is 0. The zero-order valence-electron chi connectivity index (χ0n) is 11.0. The van der Waals surface area contributed by atoms with Crippen LogP contribution in [0.1, 0.15) is 41.0 Å². The van der Waals surface area contributed by atoms with E-state index in [0.717, 1.165) is 0 Å². The van der Waals surface area contributed by atoms with Crippen LogP contribution in [0.5, 0.6) is 0 Å². The number of nitrogens with one attached hydrogen (secondary N) is 1. The zero-order chi connectivity index (χ0) is 13.0. The predicted molar refractivity (Wildman–Crippen MR) is 64.4 cm³/mol. The van der Waals surface area contributed by atoms with E-state index in [1.54, 1.807) is 13.8 Å². The van der Waals surface area contributed by atoms with Gasteiger partial charge in [0.05, 0.1) is 11.5 Å². The van der Waals surface area contributed by atoms with Crippen LogP contribution in [0, 0.1) is 10.8 Å². The maximum atomic E-state index is 10.8. The van der Waals surface area contributed by atoms with Crippen molar-refractivity contribution < 1.29 is 15.0 Å². The lowest BCUT2D eigenvalue weighted by molar-refractivity contribution is -0.146. The van der Waals surface area contributed by atoms with Crippen LogP contribution in [0.4, 0.5) is 0 Å². The average Bonchev–Trinajstić information content (AvgIpc) is 1.99. The van der Waals surface area contributed by atoms with Crippen LogP contribution in [-0.2, 0) is 4.79 Å². The van der Waals surface area contributed by atoms with Crippen molar-refractivity contribution in [2.45, 2.75) is 47.1 Å². The molecule has 0 aliphatic rings. The third kappa shape index (κ3) is 6.80. The fourth-order valence-corrected chi connectivity index (χ4v) is 1.41. The molecule has 0 rings (SSSR count). The summed E-state index contributed by atoms with van der Waals surface area (Å²) in [5.41, 5.74) is -0.704. The van der Waals surface area contributed by atoms with Crippen molar-refractivity contribution in [1.82, 2.24) is 5.32 Å². The van der Waals surface area contributed by atoms with Gasteiger partial charge in [-0.25, -0.2) is 0 Å². The van der Waals surface area contributed by atoms with E-state index >= 15 is 0 Å². The Morgan fingerprint density at radius 1 is 1.25 bits per heavy atom. The average molecular weight is 231 g/mol. The molecule has 0 saturated heterocycles. The minimum absolute atomic E-state index is 0.0867. The Kier molecular flexibility index (Phi) is 5.42. The van der Waals surface area contributed by atoms with Gasteiger partial charge in [-0.05, 0) is 25.7 Å². The highest BCUT2D eigenvalue weighted by molar-refractivity contribution is 5.73. The van der Waals surface area contributed by atoms with Crippen molar-refractivity contribution in [2.75, 3.05) is 13.1 Å². The molecule has 1 unspecified atom stereocenters. The minimum atomic E-state index is -0.828. The van der Waals surface area contributed by atoms with Gasteiger partial charge >= 0.3 is 5.97 Å². The van der Waals surface area contributed by atoms with E-state index in [0.29, 0.717) is 19.5 Å². The highest BCUT2D eigenvalue weighted by atomic mass is 16.4. The molecule has 0 aromatic carbocycles. The van der Waals surface area contributed by atoms with Crippen LogP contribution in [0.25, 0.3) is 0 Å². The number of carbonyl (C=O) groups is 1. The summed E-state index contributed by atoms with van der Waals surface area (Å²) < 4.78 is 0. The van der Waals surface area contributed by atoms with Gasteiger partial charge in [-0.2, -0.15) is 0 Å². The summed E-state index contributed by atoms with van der Waals surface area (Å²) >= 11 is 0. The molecule has 0 saturated carbocycles.